The maximum absolute atomic E-state index is 12.1. The van der Waals surface area contributed by atoms with Gasteiger partial charge in [-0.2, -0.15) is 4.98 Å². The van der Waals surface area contributed by atoms with Crippen LogP contribution in [-0.4, -0.2) is 29.4 Å². The lowest BCUT2D eigenvalue weighted by Gasteiger charge is -2.16. The molecule has 0 saturated carbocycles. The summed E-state index contributed by atoms with van der Waals surface area (Å²) in [6, 6.07) is 1.63. The smallest absolute Gasteiger partial charge is 0.245 e. The zero-order chi connectivity index (χ0) is 13.4. The number of anilines is 1. The summed E-state index contributed by atoms with van der Waals surface area (Å²) in [7, 11) is 7.51. The van der Waals surface area contributed by atoms with Crippen LogP contribution in [0.1, 0.15) is 25.6 Å². The predicted molar refractivity (Wildman–Crippen MR) is 73.9 cm³/mol. The van der Waals surface area contributed by atoms with Crippen molar-refractivity contribution in [2.75, 3.05) is 12.4 Å². The van der Waals surface area contributed by atoms with Crippen molar-refractivity contribution < 1.29 is 0 Å². The highest BCUT2D eigenvalue weighted by molar-refractivity contribution is 6.32. The second-order valence-electron chi connectivity index (χ2n) is 4.49. The number of hydrogen-bond donors (Lipinski definition) is 1. The number of hydrogen-bond acceptors (Lipinski definition) is 4. The zero-order valence-electron chi connectivity index (χ0n) is 11.0. The lowest BCUT2D eigenvalue weighted by Crippen LogP contribution is -2.36. The van der Waals surface area contributed by atoms with E-state index < -0.39 is 0 Å². The van der Waals surface area contributed by atoms with E-state index in [0.29, 0.717) is 11.6 Å². The predicted octanol–water partition coefficient (Wildman–Crippen LogP) is 0.516. The molecule has 2 heterocycles. The first-order chi connectivity index (χ1) is 8.45. The number of pyridine rings is 1. The van der Waals surface area contributed by atoms with Gasteiger partial charge in [-0.05, 0) is 26.2 Å². The molecule has 0 aliphatic rings. The SMILES string of the molecule is [B]c1cc2c(C)nc(NC)nc2n(C(C)C)c1=O. The Bertz CT molecular complexity index is 663. The first-order valence-electron chi connectivity index (χ1n) is 5.82. The Morgan fingerprint density at radius 2 is 2.06 bits per heavy atom. The Hall–Kier alpha value is -1.85. The molecule has 18 heavy (non-hydrogen) atoms. The van der Waals surface area contributed by atoms with Crippen LogP contribution in [0.3, 0.4) is 0 Å². The molecule has 0 fully saturated rings. The van der Waals surface area contributed by atoms with E-state index in [1.807, 2.05) is 20.8 Å². The lowest BCUT2D eigenvalue weighted by molar-refractivity contribution is 0.597. The van der Waals surface area contributed by atoms with Gasteiger partial charge < -0.3 is 5.32 Å². The third-order valence-electron chi connectivity index (χ3n) is 2.85. The monoisotopic (exact) mass is 242 g/mol. The minimum absolute atomic E-state index is 0.0116. The standard InChI is InChI=1S/C12H15BN4O/c1-6(2)17-10-8(5-9(13)11(17)18)7(3)15-12(14-4)16-10/h5-6H,1-4H3,(H,14,15,16). The van der Waals surface area contributed by atoms with E-state index in [1.165, 1.54) is 0 Å². The molecule has 0 saturated heterocycles. The van der Waals surface area contributed by atoms with Crippen LogP contribution in [0.15, 0.2) is 10.9 Å². The van der Waals surface area contributed by atoms with Crippen LogP contribution in [0.5, 0.6) is 0 Å². The van der Waals surface area contributed by atoms with Crippen LogP contribution >= 0.6 is 0 Å². The maximum atomic E-state index is 12.1. The van der Waals surface area contributed by atoms with E-state index in [9.17, 15) is 4.79 Å². The number of nitrogens with zero attached hydrogens (tertiary/aromatic N) is 3. The van der Waals surface area contributed by atoms with Crippen molar-refractivity contribution >= 4 is 30.3 Å². The average molecular weight is 242 g/mol. The molecule has 0 atom stereocenters. The molecule has 0 unspecified atom stereocenters. The summed E-state index contributed by atoms with van der Waals surface area (Å²) in [6.45, 7) is 5.73. The van der Waals surface area contributed by atoms with Crippen molar-refractivity contribution in [1.82, 2.24) is 14.5 Å². The van der Waals surface area contributed by atoms with Gasteiger partial charge in [-0.3, -0.25) is 9.36 Å². The highest BCUT2D eigenvalue weighted by Crippen LogP contribution is 2.17. The number of rotatable bonds is 2. The molecule has 92 valence electrons. The van der Waals surface area contributed by atoms with Gasteiger partial charge in [0.15, 0.2) is 0 Å². The van der Waals surface area contributed by atoms with Crippen molar-refractivity contribution in [2.24, 2.45) is 0 Å². The summed E-state index contributed by atoms with van der Waals surface area (Å²) >= 11 is 0. The van der Waals surface area contributed by atoms with E-state index in [-0.39, 0.29) is 17.1 Å². The second-order valence-corrected chi connectivity index (χ2v) is 4.49. The molecule has 6 heteroatoms. The molecular weight excluding hydrogens is 227 g/mol. The molecule has 2 aromatic rings. The van der Waals surface area contributed by atoms with Crippen molar-refractivity contribution in [2.45, 2.75) is 26.8 Å². The van der Waals surface area contributed by atoms with E-state index in [0.717, 1.165) is 11.1 Å². The van der Waals surface area contributed by atoms with Gasteiger partial charge in [0, 0.05) is 18.5 Å². The molecule has 0 aromatic carbocycles. The summed E-state index contributed by atoms with van der Waals surface area (Å²) < 4.78 is 1.60. The molecule has 0 aliphatic carbocycles. The lowest BCUT2D eigenvalue weighted by atomic mass is 9.96. The molecule has 0 spiro atoms. The van der Waals surface area contributed by atoms with E-state index in [4.69, 9.17) is 7.85 Å². The summed E-state index contributed by atoms with van der Waals surface area (Å²) in [4.78, 5) is 20.8. The minimum atomic E-state index is -0.211. The van der Waals surface area contributed by atoms with Crippen LogP contribution in [0.2, 0.25) is 0 Å². The Morgan fingerprint density at radius 3 is 2.61 bits per heavy atom. The second kappa shape index (κ2) is 4.44. The van der Waals surface area contributed by atoms with Gasteiger partial charge in [-0.1, -0.05) is 6.07 Å². The highest BCUT2D eigenvalue weighted by Gasteiger charge is 2.13. The first kappa shape index (κ1) is 12.6. The Morgan fingerprint density at radius 1 is 1.39 bits per heavy atom. The zero-order valence-corrected chi connectivity index (χ0v) is 11.0. The first-order valence-corrected chi connectivity index (χ1v) is 5.82. The quantitative estimate of drug-likeness (QED) is 0.780. The average Bonchev–Trinajstić information content (AvgIpc) is 2.31. The van der Waals surface area contributed by atoms with Gasteiger partial charge in [0.05, 0.1) is 5.69 Å². The van der Waals surface area contributed by atoms with E-state index >= 15 is 0 Å². The molecular formula is C12H15BN4O. The Labute approximate surface area is 107 Å². The maximum Gasteiger partial charge on any atom is 0.245 e. The van der Waals surface area contributed by atoms with Crippen LogP contribution in [0, 0.1) is 6.92 Å². The fraction of sp³-hybridized carbons (Fsp3) is 0.417. The van der Waals surface area contributed by atoms with Gasteiger partial charge in [0.25, 0.3) is 0 Å². The van der Waals surface area contributed by atoms with Gasteiger partial charge in [0.1, 0.15) is 13.5 Å². The van der Waals surface area contributed by atoms with Gasteiger partial charge >= 0.3 is 0 Å². The van der Waals surface area contributed by atoms with Gasteiger partial charge in [0.2, 0.25) is 11.5 Å². The van der Waals surface area contributed by atoms with Gasteiger partial charge in [-0.15, -0.1) is 0 Å². The van der Waals surface area contributed by atoms with Crippen LogP contribution in [0.25, 0.3) is 11.0 Å². The Balaban J connectivity index is 2.98. The largest absolute Gasteiger partial charge is 0.357 e. The van der Waals surface area contributed by atoms with Crippen LogP contribution < -0.4 is 16.3 Å². The van der Waals surface area contributed by atoms with Crippen LogP contribution in [0.4, 0.5) is 5.95 Å². The number of aromatic nitrogens is 3. The normalized spacial score (nSPS) is 11.2. The fourth-order valence-electron chi connectivity index (χ4n) is 1.96. The minimum Gasteiger partial charge on any atom is -0.357 e. The van der Waals surface area contributed by atoms with E-state index in [1.54, 1.807) is 17.7 Å². The molecule has 2 radical (unpaired) electrons. The number of aryl methyl sites for hydroxylation is 1. The third kappa shape index (κ3) is 1.87. The highest BCUT2D eigenvalue weighted by atomic mass is 16.1. The molecule has 0 amide bonds. The van der Waals surface area contributed by atoms with Crippen molar-refractivity contribution in [3.8, 4) is 0 Å². The topological polar surface area (TPSA) is 59.8 Å². The Kier molecular flexibility index (Phi) is 3.11. The van der Waals surface area contributed by atoms with Crippen molar-refractivity contribution in [3.05, 3.63) is 22.1 Å². The summed E-state index contributed by atoms with van der Waals surface area (Å²) in [6.07, 6.45) is 0. The fourth-order valence-corrected chi connectivity index (χ4v) is 1.96. The molecule has 0 bridgehead atoms. The molecule has 0 aliphatic heterocycles. The summed E-state index contributed by atoms with van der Waals surface area (Å²) in [5, 5.41) is 3.70. The molecule has 2 aromatic heterocycles. The third-order valence-corrected chi connectivity index (χ3v) is 2.85. The van der Waals surface area contributed by atoms with Crippen molar-refractivity contribution in [1.29, 1.82) is 0 Å². The molecule has 2 rings (SSSR count). The number of fused-ring (bicyclic) bond motifs is 1. The molecule has 5 nitrogen and oxygen atoms in total. The summed E-state index contributed by atoms with van der Waals surface area (Å²) in [5.41, 5.74) is 1.42. The summed E-state index contributed by atoms with van der Waals surface area (Å²) in [5.74, 6) is 0.499. The van der Waals surface area contributed by atoms with Crippen molar-refractivity contribution in [3.63, 3.8) is 0 Å². The number of nitrogens with one attached hydrogen (secondary N) is 1. The molecule has 1 N–H and O–H groups in total. The van der Waals surface area contributed by atoms with Crippen LogP contribution in [-0.2, 0) is 0 Å². The van der Waals surface area contributed by atoms with Gasteiger partial charge in [-0.25, -0.2) is 4.98 Å². The van der Waals surface area contributed by atoms with E-state index in [2.05, 4.69) is 15.3 Å².